The highest BCUT2D eigenvalue weighted by atomic mass is 16.2. The van der Waals surface area contributed by atoms with Crippen molar-refractivity contribution in [1.29, 1.82) is 0 Å². The Morgan fingerprint density at radius 3 is 2.21 bits per heavy atom. The fourth-order valence-electron chi connectivity index (χ4n) is 4.00. The van der Waals surface area contributed by atoms with E-state index >= 15 is 0 Å². The van der Waals surface area contributed by atoms with Gasteiger partial charge in [0, 0.05) is 11.6 Å². The molecule has 4 nitrogen and oxygen atoms in total. The highest BCUT2D eigenvalue weighted by molar-refractivity contribution is 5.89. The van der Waals surface area contributed by atoms with Crippen LogP contribution in [0.4, 0.5) is 4.79 Å². The van der Waals surface area contributed by atoms with Crippen LogP contribution in [0.15, 0.2) is 5.10 Å². The third-order valence-electron chi connectivity index (χ3n) is 4.47. The summed E-state index contributed by atoms with van der Waals surface area (Å²) in [6, 6.07) is -0.580. The van der Waals surface area contributed by atoms with E-state index in [-0.39, 0.29) is 0 Å². The number of urea groups is 1. The van der Waals surface area contributed by atoms with Crippen LogP contribution >= 0.6 is 0 Å². The summed E-state index contributed by atoms with van der Waals surface area (Å²) in [5.74, 6) is 1.26. The van der Waals surface area contributed by atoms with Gasteiger partial charge in [-0.05, 0) is 37.5 Å². The van der Waals surface area contributed by atoms with Gasteiger partial charge in [-0.15, -0.1) is 0 Å². The van der Waals surface area contributed by atoms with Crippen LogP contribution in [0, 0.1) is 17.3 Å². The van der Waals surface area contributed by atoms with Crippen LogP contribution in [0.1, 0.15) is 66.2 Å². The lowest BCUT2D eigenvalue weighted by molar-refractivity contribution is 0.249. The zero-order chi connectivity index (χ0) is 14.5. The molecule has 0 unspecified atom stereocenters. The molecule has 0 aromatic carbocycles. The molecule has 0 heterocycles. The number of amides is 2. The first-order chi connectivity index (χ1) is 9.03. The van der Waals surface area contributed by atoms with E-state index in [0.717, 1.165) is 11.6 Å². The summed E-state index contributed by atoms with van der Waals surface area (Å²) in [4.78, 5) is 10.8. The molecule has 0 spiro atoms. The van der Waals surface area contributed by atoms with Gasteiger partial charge in [0.2, 0.25) is 0 Å². The second kappa shape index (κ2) is 6.92. The van der Waals surface area contributed by atoms with Gasteiger partial charge in [0.1, 0.15) is 0 Å². The van der Waals surface area contributed by atoms with Crippen LogP contribution in [0.2, 0.25) is 0 Å². The molecule has 0 aromatic rings. The molecule has 3 N–H and O–H groups in total. The first-order valence-electron chi connectivity index (χ1n) is 7.63. The van der Waals surface area contributed by atoms with Crippen LogP contribution in [0.3, 0.4) is 0 Å². The van der Waals surface area contributed by atoms with Gasteiger partial charge in [0.15, 0.2) is 0 Å². The van der Waals surface area contributed by atoms with Gasteiger partial charge in [0.05, 0.1) is 0 Å². The molecular formula is C15H29N3O. The van der Waals surface area contributed by atoms with Crippen LogP contribution in [0.5, 0.6) is 0 Å². The number of carbonyl (C=O) groups excluding carboxylic acids is 1. The molecule has 110 valence electrons. The lowest BCUT2D eigenvalue weighted by Gasteiger charge is -2.16. The van der Waals surface area contributed by atoms with Gasteiger partial charge in [-0.2, -0.15) is 5.10 Å². The van der Waals surface area contributed by atoms with Crippen molar-refractivity contribution in [2.45, 2.75) is 66.2 Å². The van der Waals surface area contributed by atoms with E-state index in [1.165, 1.54) is 38.5 Å². The minimum atomic E-state index is -0.580. The number of rotatable bonds is 8. The van der Waals surface area contributed by atoms with Crippen molar-refractivity contribution in [3.63, 3.8) is 0 Å². The number of primary amides is 1. The molecule has 19 heavy (non-hydrogen) atoms. The first kappa shape index (κ1) is 16.0. The molecule has 1 aliphatic rings. The van der Waals surface area contributed by atoms with Crippen molar-refractivity contribution in [1.82, 2.24) is 5.43 Å². The topological polar surface area (TPSA) is 67.5 Å². The van der Waals surface area contributed by atoms with E-state index in [1.54, 1.807) is 0 Å². The first-order valence-corrected chi connectivity index (χ1v) is 7.63. The maximum absolute atomic E-state index is 10.8. The van der Waals surface area contributed by atoms with Crippen LogP contribution in [0.25, 0.3) is 0 Å². The molecule has 0 saturated heterocycles. The summed E-state index contributed by atoms with van der Waals surface area (Å²) < 4.78 is 0. The SMILES string of the molecule is CCC[C@@H]1[C@@H](/C(C)=N/NC(N)=O)C1(CCC)CCC. The Balaban J connectivity index is 2.83. The fourth-order valence-corrected chi connectivity index (χ4v) is 4.00. The average Bonchev–Trinajstić information content (AvgIpc) is 2.95. The molecule has 2 atom stereocenters. The smallest absolute Gasteiger partial charge is 0.332 e. The zero-order valence-corrected chi connectivity index (χ0v) is 12.8. The lowest BCUT2D eigenvalue weighted by Crippen LogP contribution is -2.26. The van der Waals surface area contributed by atoms with Crippen LogP contribution in [-0.2, 0) is 0 Å². The largest absolute Gasteiger partial charge is 0.350 e. The normalized spacial score (nSPS) is 25.2. The molecular weight excluding hydrogens is 238 g/mol. The van der Waals surface area contributed by atoms with Crippen molar-refractivity contribution in [3.05, 3.63) is 0 Å². The van der Waals surface area contributed by atoms with Gasteiger partial charge < -0.3 is 5.73 Å². The molecule has 0 aromatic heterocycles. The van der Waals surface area contributed by atoms with Crippen LogP contribution < -0.4 is 11.2 Å². The maximum atomic E-state index is 10.8. The Morgan fingerprint density at radius 2 is 1.79 bits per heavy atom. The van der Waals surface area contributed by atoms with E-state index in [0.29, 0.717) is 11.3 Å². The molecule has 0 radical (unpaired) electrons. The number of hydrogen-bond donors (Lipinski definition) is 2. The van der Waals surface area contributed by atoms with Crippen molar-refractivity contribution < 1.29 is 4.79 Å². The lowest BCUT2D eigenvalue weighted by atomic mass is 9.89. The summed E-state index contributed by atoms with van der Waals surface area (Å²) in [6.45, 7) is 8.77. The highest BCUT2D eigenvalue weighted by Crippen LogP contribution is 2.66. The quantitative estimate of drug-likeness (QED) is 0.511. The fraction of sp³-hybridized carbons (Fsp3) is 0.867. The molecule has 0 aliphatic heterocycles. The molecule has 1 rings (SSSR count). The minimum Gasteiger partial charge on any atom is -0.350 e. The highest BCUT2D eigenvalue weighted by Gasteiger charge is 2.62. The van der Waals surface area contributed by atoms with Gasteiger partial charge in [-0.3, -0.25) is 0 Å². The molecule has 2 amide bonds. The number of nitrogens with zero attached hydrogens (tertiary/aromatic N) is 1. The van der Waals surface area contributed by atoms with E-state index in [2.05, 4.69) is 31.3 Å². The van der Waals surface area contributed by atoms with Gasteiger partial charge in [0.25, 0.3) is 0 Å². The predicted octanol–water partition coefficient (Wildman–Crippen LogP) is 3.66. The Bertz CT molecular complexity index is 332. The Kier molecular flexibility index (Phi) is 5.83. The van der Waals surface area contributed by atoms with E-state index in [4.69, 9.17) is 5.73 Å². The van der Waals surface area contributed by atoms with Crippen molar-refractivity contribution in [3.8, 4) is 0 Å². The van der Waals surface area contributed by atoms with Gasteiger partial charge in [-0.25, -0.2) is 10.2 Å². The molecule has 1 aliphatic carbocycles. The summed E-state index contributed by atoms with van der Waals surface area (Å²) >= 11 is 0. The van der Waals surface area contributed by atoms with E-state index in [1.807, 2.05) is 6.92 Å². The Morgan fingerprint density at radius 1 is 1.21 bits per heavy atom. The summed E-state index contributed by atoms with van der Waals surface area (Å²) in [5, 5.41) is 4.17. The van der Waals surface area contributed by atoms with Crippen molar-refractivity contribution in [2.75, 3.05) is 0 Å². The third-order valence-corrected chi connectivity index (χ3v) is 4.47. The minimum absolute atomic E-state index is 0.423. The van der Waals surface area contributed by atoms with E-state index in [9.17, 15) is 4.79 Å². The predicted molar refractivity (Wildman–Crippen MR) is 80.0 cm³/mol. The number of nitrogens with two attached hydrogens (primary N) is 1. The monoisotopic (exact) mass is 267 g/mol. The number of hydrogen-bond acceptors (Lipinski definition) is 2. The Hall–Kier alpha value is -1.06. The average molecular weight is 267 g/mol. The number of carbonyl (C=O) groups is 1. The Labute approximate surface area is 117 Å². The number of hydrazone groups is 1. The standard InChI is InChI=1S/C15H29N3O/c1-5-8-12-13(11(4)17-18-14(16)19)15(12,9-6-2)10-7-3/h12-13H,5-10H2,1-4H3,(H3,16,18,19)/b17-11+/t12-,13-/m1/s1. The second-order valence-electron chi connectivity index (χ2n) is 5.84. The maximum Gasteiger partial charge on any atom is 0.332 e. The summed E-state index contributed by atoms with van der Waals surface area (Å²) in [7, 11) is 0. The van der Waals surface area contributed by atoms with Gasteiger partial charge in [-0.1, -0.05) is 40.0 Å². The van der Waals surface area contributed by atoms with E-state index < -0.39 is 6.03 Å². The van der Waals surface area contributed by atoms with Crippen molar-refractivity contribution >= 4 is 11.7 Å². The van der Waals surface area contributed by atoms with Crippen molar-refractivity contribution in [2.24, 2.45) is 28.1 Å². The summed E-state index contributed by atoms with van der Waals surface area (Å²) in [5.41, 5.74) is 8.92. The van der Waals surface area contributed by atoms with Crippen LogP contribution in [-0.4, -0.2) is 11.7 Å². The zero-order valence-electron chi connectivity index (χ0n) is 12.8. The number of nitrogens with one attached hydrogen (secondary N) is 1. The molecule has 4 heteroatoms. The third kappa shape index (κ3) is 3.48. The molecule has 1 saturated carbocycles. The molecule has 0 bridgehead atoms. The summed E-state index contributed by atoms with van der Waals surface area (Å²) in [6.07, 6.45) is 7.43. The second-order valence-corrected chi connectivity index (χ2v) is 5.84. The van der Waals surface area contributed by atoms with Gasteiger partial charge >= 0.3 is 6.03 Å². The molecule has 1 fully saturated rings.